The van der Waals surface area contributed by atoms with Crippen LogP contribution >= 0.6 is 0 Å². The third-order valence-corrected chi connectivity index (χ3v) is 3.38. The third-order valence-electron chi connectivity index (χ3n) is 3.38. The van der Waals surface area contributed by atoms with Gasteiger partial charge in [-0.15, -0.1) is 0 Å². The van der Waals surface area contributed by atoms with E-state index in [0.29, 0.717) is 5.92 Å². The molecule has 1 aliphatic rings. The van der Waals surface area contributed by atoms with Gasteiger partial charge in [-0.05, 0) is 38.5 Å². The molecule has 0 aromatic rings. The summed E-state index contributed by atoms with van der Waals surface area (Å²) >= 11 is 0. The first-order valence-corrected chi connectivity index (χ1v) is 6.63. The van der Waals surface area contributed by atoms with E-state index in [1.165, 1.54) is 0 Å². The van der Waals surface area contributed by atoms with Crippen LogP contribution in [0.25, 0.3) is 0 Å². The number of rotatable bonds is 6. The number of carbonyl (C=O) groups is 2. The molecule has 5 heteroatoms. The normalized spacial score (nSPS) is 18.9. The largest absolute Gasteiger partial charge is 0.481 e. The van der Waals surface area contributed by atoms with Crippen LogP contribution in [-0.2, 0) is 4.79 Å². The fourth-order valence-electron chi connectivity index (χ4n) is 2.51. The van der Waals surface area contributed by atoms with Gasteiger partial charge in [-0.25, -0.2) is 4.79 Å². The van der Waals surface area contributed by atoms with Gasteiger partial charge in [0.25, 0.3) is 0 Å². The van der Waals surface area contributed by atoms with E-state index in [1.807, 2.05) is 6.92 Å². The summed E-state index contributed by atoms with van der Waals surface area (Å²) in [5, 5.41) is 14.6. The Labute approximate surface area is 108 Å². The average molecular weight is 256 g/mol. The van der Waals surface area contributed by atoms with Crippen molar-refractivity contribution < 1.29 is 14.7 Å². The van der Waals surface area contributed by atoms with Crippen LogP contribution in [0.2, 0.25) is 0 Å². The molecule has 1 atom stereocenters. The Balaban J connectivity index is 2.40. The Bertz CT molecular complexity index is 311. The number of hydrogen-bond donors (Lipinski definition) is 3. The molecule has 0 radical (unpaired) electrons. The molecule has 18 heavy (non-hydrogen) atoms. The minimum absolute atomic E-state index is 0.0129. The number of carboxylic acid groups (broad SMARTS) is 1. The second kappa shape index (κ2) is 6.07. The highest BCUT2D eigenvalue weighted by Gasteiger charge is 2.40. The molecular weight excluding hydrogens is 232 g/mol. The SMILES string of the molecule is CC(C)CC(C)NC(=O)NC1(CC(=O)O)CCC1. The van der Waals surface area contributed by atoms with Gasteiger partial charge < -0.3 is 15.7 Å². The molecular formula is C13H24N2O3. The lowest BCUT2D eigenvalue weighted by Gasteiger charge is -2.41. The van der Waals surface area contributed by atoms with Gasteiger partial charge >= 0.3 is 12.0 Å². The molecule has 0 spiro atoms. The zero-order valence-electron chi connectivity index (χ0n) is 11.5. The molecule has 1 fully saturated rings. The molecule has 5 nitrogen and oxygen atoms in total. The van der Waals surface area contributed by atoms with Crippen LogP contribution in [0.1, 0.15) is 52.9 Å². The monoisotopic (exact) mass is 256 g/mol. The number of amides is 2. The number of aliphatic carboxylic acids is 1. The van der Waals surface area contributed by atoms with Crippen molar-refractivity contribution in [1.82, 2.24) is 10.6 Å². The molecule has 2 amide bonds. The summed E-state index contributed by atoms with van der Waals surface area (Å²) in [6, 6.07) is -0.143. The Morgan fingerprint density at radius 3 is 2.28 bits per heavy atom. The van der Waals surface area contributed by atoms with E-state index >= 15 is 0 Å². The maximum atomic E-state index is 11.8. The van der Waals surface area contributed by atoms with Crippen molar-refractivity contribution in [2.45, 2.75) is 64.5 Å². The second-order valence-corrected chi connectivity index (χ2v) is 5.83. The number of urea groups is 1. The van der Waals surface area contributed by atoms with Crippen LogP contribution < -0.4 is 10.6 Å². The van der Waals surface area contributed by atoms with Crippen molar-refractivity contribution in [3.8, 4) is 0 Å². The topological polar surface area (TPSA) is 78.4 Å². The maximum Gasteiger partial charge on any atom is 0.315 e. The summed E-state index contributed by atoms with van der Waals surface area (Å²) in [7, 11) is 0. The van der Waals surface area contributed by atoms with Crippen LogP contribution in [-0.4, -0.2) is 28.7 Å². The van der Waals surface area contributed by atoms with Crippen molar-refractivity contribution in [3.05, 3.63) is 0 Å². The Morgan fingerprint density at radius 1 is 1.28 bits per heavy atom. The van der Waals surface area contributed by atoms with Crippen molar-refractivity contribution in [2.24, 2.45) is 5.92 Å². The predicted molar refractivity (Wildman–Crippen MR) is 69.4 cm³/mol. The lowest BCUT2D eigenvalue weighted by Crippen LogP contribution is -2.58. The number of nitrogens with one attached hydrogen (secondary N) is 2. The number of hydrogen-bond acceptors (Lipinski definition) is 2. The van der Waals surface area contributed by atoms with Crippen molar-refractivity contribution in [2.75, 3.05) is 0 Å². The zero-order valence-corrected chi connectivity index (χ0v) is 11.5. The molecule has 1 rings (SSSR count). The average Bonchev–Trinajstić information content (AvgIpc) is 2.11. The Morgan fingerprint density at radius 2 is 1.89 bits per heavy atom. The van der Waals surface area contributed by atoms with Crippen LogP contribution in [0.4, 0.5) is 4.79 Å². The molecule has 1 aliphatic carbocycles. The third kappa shape index (κ3) is 4.55. The van der Waals surface area contributed by atoms with Gasteiger partial charge in [0, 0.05) is 6.04 Å². The van der Waals surface area contributed by atoms with Gasteiger partial charge in [0.15, 0.2) is 0 Å². The van der Waals surface area contributed by atoms with Gasteiger partial charge in [-0.2, -0.15) is 0 Å². The molecule has 0 saturated heterocycles. The molecule has 0 bridgehead atoms. The fourth-order valence-corrected chi connectivity index (χ4v) is 2.51. The standard InChI is InChI=1S/C13H24N2O3/c1-9(2)7-10(3)14-12(18)15-13(5-4-6-13)8-11(16)17/h9-10H,4-8H2,1-3H3,(H,16,17)(H2,14,15,18). The molecule has 0 aliphatic heterocycles. The molecule has 104 valence electrons. The smallest absolute Gasteiger partial charge is 0.315 e. The van der Waals surface area contributed by atoms with Crippen LogP contribution in [0.15, 0.2) is 0 Å². The van der Waals surface area contributed by atoms with Crippen molar-refractivity contribution >= 4 is 12.0 Å². The summed E-state index contributed by atoms with van der Waals surface area (Å²) in [4.78, 5) is 22.6. The summed E-state index contributed by atoms with van der Waals surface area (Å²) < 4.78 is 0. The zero-order chi connectivity index (χ0) is 13.8. The first-order chi connectivity index (χ1) is 8.33. The highest BCUT2D eigenvalue weighted by molar-refractivity contribution is 5.77. The first kappa shape index (κ1) is 14.8. The van der Waals surface area contributed by atoms with E-state index in [0.717, 1.165) is 25.7 Å². The first-order valence-electron chi connectivity index (χ1n) is 6.63. The Hall–Kier alpha value is -1.26. The van der Waals surface area contributed by atoms with E-state index in [4.69, 9.17) is 5.11 Å². The molecule has 0 aromatic heterocycles. The quantitative estimate of drug-likeness (QED) is 0.681. The summed E-state index contributed by atoms with van der Waals surface area (Å²) in [5.41, 5.74) is -0.520. The highest BCUT2D eigenvalue weighted by Crippen LogP contribution is 2.34. The van der Waals surface area contributed by atoms with Crippen LogP contribution in [0.3, 0.4) is 0 Å². The predicted octanol–water partition coefficient (Wildman–Crippen LogP) is 2.12. The van der Waals surface area contributed by atoms with Crippen molar-refractivity contribution in [3.63, 3.8) is 0 Å². The lowest BCUT2D eigenvalue weighted by molar-refractivity contribution is -0.139. The second-order valence-electron chi connectivity index (χ2n) is 5.83. The maximum absolute atomic E-state index is 11.8. The van der Waals surface area contributed by atoms with Crippen molar-refractivity contribution in [1.29, 1.82) is 0 Å². The minimum Gasteiger partial charge on any atom is -0.481 e. The van der Waals surface area contributed by atoms with E-state index in [2.05, 4.69) is 24.5 Å². The lowest BCUT2D eigenvalue weighted by atomic mass is 9.74. The summed E-state index contributed by atoms with van der Waals surface area (Å²) in [5.74, 6) is -0.331. The van der Waals surface area contributed by atoms with Gasteiger partial charge in [-0.3, -0.25) is 4.79 Å². The van der Waals surface area contributed by atoms with E-state index in [-0.39, 0.29) is 18.5 Å². The molecule has 3 N–H and O–H groups in total. The van der Waals surface area contributed by atoms with E-state index in [1.54, 1.807) is 0 Å². The van der Waals surface area contributed by atoms with Crippen LogP contribution in [0.5, 0.6) is 0 Å². The van der Waals surface area contributed by atoms with E-state index in [9.17, 15) is 9.59 Å². The summed E-state index contributed by atoms with van der Waals surface area (Å²) in [6.07, 6.45) is 3.42. The van der Waals surface area contributed by atoms with Gasteiger partial charge in [0.1, 0.15) is 0 Å². The molecule has 0 aromatic carbocycles. The number of carbonyl (C=O) groups excluding carboxylic acids is 1. The molecule has 1 unspecified atom stereocenters. The van der Waals surface area contributed by atoms with E-state index < -0.39 is 11.5 Å². The minimum atomic E-state index is -0.856. The number of carboxylic acids is 1. The van der Waals surface area contributed by atoms with Gasteiger partial charge in [0.05, 0.1) is 12.0 Å². The summed E-state index contributed by atoms with van der Waals surface area (Å²) in [6.45, 7) is 6.17. The highest BCUT2D eigenvalue weighted by atomic mass is 16.4. The fraction of sp³-hybridized carbons (Fsp3) is 0.846. The van der Waals surface area contributed by atoms with Gasteiger partial charge in [-0.1, -0.05) is 13.8 Å². The van der Waals surface area contributed by atoms with Crippen LogP contribution in [0, 0.1) is 5.92 Å². The molecule has 1 saturated carbocycles. The Kier molecular flexibility index (Phi) is 4.99. The molecule has 0 heterocycles. The van der Waals surface area contributed by atoms with Gasteiger partial charge in [0.2, 0.25) is 0 Å².